The number of rotatable bonds is 5. The maximum atomic E-state index is 12.6. The number of anilines is 1. The van der Waals surface area contributed by atoms with Gasteiger partial charge in [-0.25, -0.2) is 4.79 Å². The standard InChI is InChI=1S/C19H24N2O6/c1-11(2)17(19(24)25-3)20-18(23)12-8-16(22)21(10-12)13-4-5-14-15(9-13)27-7-6-26-14/h4-5,9,11-12,17H,6-8,10H2,1-3H3,(H,20,23)/t12?,17-/m0/s1. The van der Waals surface area contributed by atoms with Gasteiger partial charge in [-0.15, -0.1) is 0 Å². The minimum absolute atomic E-state index is 0.0895. The summed E-state index contributed by atoms with van der Waals surface area (Å²) in [7, 11) is 1.28. The topological polar surface area (TPSA) is 94.2 Å². The molecule has 1 aromatic carbocycles. The van der Waals surface area contributed by atoms with Crippen LogP contribution in [0.15, 0.2) is 18.2 Å². The van der Waals surface area contributed by atoms with Crippen LogP contribution in [-0.2, 0) is 19.1 Å². The van der Waals surface area contributed by atoms with Gasteiger partial charge in [0.2, 0.25) is 11.8 Å². The van der Waals surface area contributed by atoms with E-state index in [0.29, 0.717) is 30.4 Å². The Balaban J connectivity index is 1.69. The third-order valence-corrected chi connectivity index (χ3v) is 4.75. The van der Waals surface area contributed by atoms with Crippen LogP contribution in [0, 0.1) is 11.8 Å². The highest BCUT2D eigenvalue weighted by Crippen LogP contribution is 2.36. The summed E-state index contributed by atoms with van der Waals surface area (Å²) in [6, 6.07) is 4.55. The van der Waals surface area contributed by atoms with Crippen LogP contribution in [-0.4, -0.2) is 50.7 Å². The van der Waals surface area contributed by atoms with Crippen molar-refractivity contribution in [3.63, 3.8) is 0 Å². The summed E-state index contributed by atoms with van der Waals surface area (Å²) in [6.45, 7) is 4.84. The van der Waals surface area contributed by atoms with Crippen LogP contribution >= 0.6 is 0 Å². The van der Waals surface area contributed by atoms with E-state index in [-0.39, 0.29) is 30.7 Å². The molecule has 1 aromatic rings. The number of carbonyl (C=O) groups is 3. The van der Waals surface area contributed by atoms with Crippen molar-refractivity contribution in [2.45, 2.75) is 26.3 Å². The molecule has 2 heterocycles. The maximum Gasteiger partial charge on any atom is 0.328 e. The van der Waals surface area contributed by atoms with Crippen LogP contribution in [0.5, 0.6) is 11.5 Å². The number of nitrogens with one attached hydrogen (secondary N) is 1. The number of benzene rings is 1. The first-order valence-electron chi connectivity index (χ1n) is 8.99. The summed E-state index contributed by atoms with van der Waals surface area (Å²) < 4.78 is 15.8. The van der Waals surface area contributed by atoms with Gasteiger partial charge < -0.3 is 24.4 Å². The van der Waals surface area contributed by atoms with Gasteiger partial charge in [0, 0.05) is 24.7 Å². The number of carbonyl (C=O) groups excluding carboxylic acids is 3. The monoisotopic (exact) mass is 376 g/mol. The predicted octanol–water partition coefficient (Wildman–Crippen LogP) is 1.12. The quantitative estimate of drug-likeness (QED) is 0.774. The third-order valence-electron chi connectivity index (χ3n) is 4.75. The van der Waals surface area contributed by atoms with E-state index in [2.05, 4.69) is 5.32 Å². The molecule has 1 saturated heterocycles. The van der Waals surface area contributed by atoms with Gasteiger partial charge in [-0.1, -0.05) is 13.8 Å². The lowest BCUT2D eigenvalue weighted by molar-refractivity contribution is -0.146. The van der Waals surface area contributed by atoms with Gasteiger partial charge in [-0.3, -0.25) is 9.59 Å². The molecule has 8 nitrogen and oxygen atoms in total. The molecule has 2 atom stereocenters. The zero-order valence-corrected chi connectivity index (χ0v) is 15.7. The number of ether oxygens (including phenoxy) is 3. The average Bonchev–Trinajstić information content (AvgIpc) is 3.06. The fourth-order valence-corrected chi connectivity index (χ4v) is 3.23. The maximum absolute atomic E-state index is 12.6. The Morgan fingerprint density at radius 1 is 1.22 bits per heavy atom. The van der Waals surface area contributed by atoms with E-state index in [0.717, 1.165) is 0 Å². The Hall–Kier alpha value is -2.77. The van der Waals surface area contributed by atoms with Gasteiger partial charge in [0.1, 0.15) is 19.3 Å². The Bertz CT molecular complexity index is 748. The van der Waals surface area contributed by atoms with Gasteiger partial charge >= 0.3 is 5.97 Å². The van der Waals surface area contributed by atoms with Gasteiger partial charge in [0.25, 0.3) is 0 Å². The van der Waals surface area contributed by atoms with Gasteiger partial charge in [0.15, 0.2) is 11.5 Å². The third kappa shape index (κ3) is 3.99. The molecule has 0 aromatic heterocycles. The van der Waals surface area contributed by atoms with Crippen molar-refractivity contribution < 1.29 is 28.6 Å². The Morgan fingerprint density at radius 3 is 2.59 bits per heavy atom. The average molecular weight is 376 g/mol. The molecule has 27 heavy (non-hydrogen) atoms. The number of amides is 2. The summed E-state index contributed by atoms with van der Waals surface area (Å²) in [4.78, 5) is 38.5. The fraction of sp³-hybridized carbons (Fsp3) is 0.526. The lowest BCUT2D eigenvalue weighted by Crippen LogP contribution is -2.47. The smallest absolute Gasteiger partial charge is 0.328 e. The van der Waals surface area contributed by atoms with Crippen LogP contribution < -0.4 is 19.7 Å². The molecule has 1 N–H and O–H groups in total. The summed E-state index contributed by atoms with van der Waals surface area (Å²) in [5, 5.41) is 2.71. The molecule has 2 aliphatic heterocycles. The number of esters is 1. The molecule has 0 saturated carbocycles. The normalized spacial score (nSPS) is 19.8. The molecule has 8 heteroatoms. The molecule has 0 spiro atoms. The van der Waals surface area contributed by atoms with Crippen molar-refractivity contribution in [2.24, 2.45) is 11.8 Å². The molecule has 1 fully saturated rings. The second-order valence-corrected chi connectivity index (χ2v) is 6.99. The van der Waals surface area contributed by atoms with Crippen molar-refractivity contribution in [2.75, 3.05) is 31.8 Å². The molecule has 0 aliphatic carbocycles. The number of hydrogen-bond donors (Lipinski definition) is 1. The Morgan fingerprint density at radius 2 is 1.93 bits per heavy atom. The van der Waals surface area contributed by atoms with E-state index in [1.165, 1.54) is 7.11 Å². The van der Waals surface area contributed by atoms with E-state index < -0.39 is 17.9 Å². The molecule has 2 amide bonds. The van der Waals surface area contributed by atoms with Crippen molar-refractivity contribution in [1.82, 2.24) is 5.32 Å². The molecule has 0 bridgehead atoms. The molecule has 1 unspecified atom stereocenters. The van der Waals surface area contributed by atoms with Crippen LogP contribution in [0.2, 0.25) is 0 Å². The highest BCUT2D eigenvalue weighted by atomic mass is 16.6. The first-order chi connectivity index (χ1) is 12.9. The van der Waals surface area contributed by atoms with Crippen molar-refractivity contribution in [3.05, 3.63) is 18.2 Å². The number of methoxy groups -OCH3 is 1. The van der Waals surface area contributed by atoms with E-state index in [4.69, 9.17) is 14.2 Å². The molecule has 0 radical (unpaired) electrons. The highest BCUT2D eigenvalue weighted by molar-refractivity contribution is 6.01. The highest BCUT2D eigenvalue weighted by Gasteiger charge is 2.37. The Labute approximate surface area is 157 Å². The zero-order valence-electron chi connectivity index (χ0n) is 15.7. The first-order valence-corrected chi connectivity index (χ1v) is 8.99. The lowest BCUT2D eigenvalue weighted by atomic mass is 10.0. The van der Waals surface area contributed by atoms with Gasteiger partial charge in [-0.2, -0.15) is 0 Å². The van der Waals surface area contributed by atoms with Crippen LogP contribution in [0.4, 0.5) is 5.69 Å². The largest absolute Gasteiger partial charge is 0.486 e. The van der Waals surface area contributed by atoms with Crippen LogP contribution in [0.25, 0.3) is 0 Å². The Kier molecular flexibility index (Phi) is 5.53. The summed E-state index contributed by atoms with van der Waals surface area (Å²) in [5.74, 6) is -0.386. The van der Waals surface area contributed by atoms with Crippen molar-refractivity contribution in [3.8, 4) is 11.5 Å². The van der Waals surface area contributed by atoms with E-state index in [1.807, 2.05) is 13.8 Å². The zero-order chi connectivity index (χ0) is 19.6. The minimum Gasteiger partial charge on any atom is -0.486 e. The van der Waals surface area contributed by atoms with Crippen molar-refractivity contribution in [1.29, 1.82) is 0 Å². The lowest BCUT2D eigenvalue weighted by Gasteiger charge is -2.23. The SMILES string of the molecule is COC(=O)[C@@H](NC(=O)C1CC(=O)N(c2ccc3c(c2)OCCO3)C1)C(C)C. The number of fused-ring (bicyclic) bond motifs is 1. The van der Waals surface area contributed by atoms with Gasteiger partial charge in [-0.05, 0) is 18.1 Å². The van der Waals surface area contributed by atoms with E-state index in [1.54, 1.807) is 23.1 Å². The van der Waals surface area contributed by atoms with Crippen molar-refractivity contribution >= 4 is 23.5 Å². The van der Waals surface area contributed by atoms with E-state index >= 15 is 0 Å². The van der Waals surface area contributed by atoms with Crippen LogP contribution in [0.1, 0.15) is 20.3 Å². The molecule has 3 rings (SSSR count). The predicted molar refractivity (Wildman–Crippen MR) is 96.7 cm³/mol. The second-order valence-electron chi connectivity index (χ2n) is 6.99. The first kappa shape index (κ1) is 19.0. The minimum atomic E-state index is -0.735. The molecular weight excluding hydrogens is 352 g/mol. The summed E-state index contributed by atoms with van der Waals surface area (Å²) in [5.41, 5.74) is 0.660. The number of hydrogen-bond acceptors (Lipinski definition) is 6. The number of nitrogens with zero attached hydrogens (tertiary/aromatic N) is 1. The summed E-state index contributed by atoms with van der Waals surface area (Å²) >= 11 is 0. The second kappa shape index (κ2) is 7.85. The molecule has 2 aliphatic rings. The van der Waals surface area contributed by atoms with E-state index in [9.17, 15) is 14.4 Å². The fourth-order valence-electron chi connectivity index (χ4n) is 3.23. The van der Waals surface area contributed by atoms with Crippen LogP contribution in [0.3, 0.4) is 0 Å². The molecular formula is C19H24N2O6. The van der Waals surface area contributed by atoms with Gasteiger partial charge in [0.05, 0.1) is 13.0 Å². The molecule has 146 valence electrons. The summed E-state index contributed by atoms with van der Waals surface area (Å²) in [6.07, 6.45) is 0.0895.